The molecule has 0 bridgehead atoms. The van der Waals surface area contributed by atoms with Crippen LogP contribution in [0.5, 0.6) is 0 Å². The Kier molecular flexibility index (Phi) is 4.73. The van der Waals surface area contributed by atoms with Crippen molar-refractivity contribution < 1.29 is 22.3 Å². The Morgan fingerprint density at radius 1 is 1.17 bits per heavy atom. The van der Waals surface area contributed by atoms with E-state index >= 15 is 0 Å². The van der Waals surface area contributed by atoms with Crippen molar-refractivity contribution in [3.8, 4) is 11.3 Å². The number of halogens is 3. The van der Waals surface area contributed by atoms with Crippen molar-refractivity contribution in [2.45, 2.75) is 31.7 Å². The topological polar surface area (TPSA) is 34.4 Å². The van der Waals surface area contributed by atoms with Gasteiger partial charge in [-0.2, -0.15) is 13.2 Å². The fraction of sp³-hybridized carbons (Fsp3) is 0.412. The van der Waals surface area contributed by atoms with Crippen LogP contribution in [0.3, 0.4) is 0 Å². The minimum absolute atomic E-state index is 0.243. The fourth-order valence-corrected chi connectivity index (χ4v) is 2.64. The molecular formula is C17H18F3NO2. The number of hydrogen-bond donors (Lipinski definition) is 1. The van der Waals surface area contributed by atoms with Gasteiger partial charge in [0.05, 0.1) is 18.2 Å². The van der Waals surface area contributed by atoms with Gasteiger partial charge in [0.15, 0.2) is 0 Å². The van der Waals surface area contributed by atoms with Crippen LogP contribution in [0, 0.1) is 0 Å². The molecule has 23 heavy (non-hydrogen) atoms. The lowest BCUT2D eigenvalue weighted by Crippen LogP contribution is -2.25. The zero-order valence-corrected chi connectivity index (χ0v) is 12.5. The zero-order valence-electron chi connectivity index (χ0n) is 12.5. The molecule has 2 heterocycles. The monoisotopic (exact) mass is 325 g/mol. The maximum atomic E-state index is 12.8. The summed E-state index contributed by atoms with van der Waals surface area (Å²) in [5.41, 5.74) is -0.255. The van der Waals surface area contributed by atoms with Crippen LogP contribution in [-0.2, 0) is 17.5 Å². The van der Waals surface area contributed by atoms with Crippen LogP contribution < -0.4 is 5.32 Å². The average Bonchev–Trinajstić information content (AvgIpc) is 3.18. The van der Waals surface area contributed by atoms with Crippen LogP contribution >= 0.6 is 0 Å². The second-order valence-corrected chi connectivity index (χ2v) is 5.61. The van der Waals surface area contributed by atoms with E-state index < -0.39 is 11.7 Å². The molecule has 1 aliphatic rings. The van der Waals surface area contributed by atoms with E-state index in [9.17, 15) is 13.2 Å². The van der Waals surface area contributed by atoms with Crippen LogP contribution in [0.25, 0.3) is 11.3 Å². The summed E-state index contributed by atoms with van der Waals surface area (Å²) in [7, 11) is 0. The molecule has 0 saturated carbocycles. The van der Waals surface area contributed by atoms with E-state index in [-0.39, 0.29) is 6.10 Å². The standard InChI is InChI=1S/C17H18F3NO2/c18-17(19,20)13-4-1-3-12(9-13)16-7-6-15(23-16)11-21-10-14-5-2-8-22-14/h1,3-4,6-7,9,14,21H,2,5,8,10-11H2/t14-/m1/s1. The maximum absolute atomic E-state index is 12.8. The summed E-state index contributed by atoms with van der Waals surface area (Å²) in [5, 5.41) is 3.25. The van der Waals surface area contributed by atoms with Crippen molar-refractivity contribution in [3.63, 3.8) is 0 Å². The maximum Gasteiger partial charge on any atom is 0.416 e. The Balaban J connectivity index is 1.62. The highest BCUT2D eigenvalue weighted by molar-refractivity contribution is 5.58. The predicted molar refractivity (Wildman–Crippen MR) is 79.8 cm³/mol. The Morgan fingerprint density at radius 2 is 2.04 bits per heavy atom. The van der Waals surface area contributed by atoms with Crippen LogP contribution in [-0.4, -0.2) is 19.3 Å². The molecule has 1 saturated heterocycles. The Labute approximate surface area is 132 Å². The van der Waals surface area contributed by atoms with Gasteiger partial charge in [0.25, 0.3) is 0 Å². The van der Waals surface area contributed by atoms with Crippen LogP contribution in [0.4, 0.5) is 13.2 Å². The second kappa shape index (κ2) is 6.76. The molecule has 1 aromatic heterocycles. The van der Waals surface area contributed by atoms with E-state index in [4.69, 9.17) is 9.15 Å². The van der Waals surface area contributed by atoms with E-state index in [2.05, 4.69) is 5.32 Å². The molecule has 1 aliphatic heterocycles. The van der Waals surface area contributed by atoms with Gasteiger partial charge in [-0.1, -0.05) is 12.1 Å². The Bertz CT molecular complexity index is 645. The van der Waals surface area contributed by atoms with E-state index in [1.807, 2.05) is 0 Å². The molecule has 0 unspecified atom stereocenters. The van der Waals surface area contributed by atoms with Crippen molar-refractivity contribution in [1.82, 2.24) is 5.32 Å². The number of ether oxygens (including phenoxy) is 1. The first-order valence-electron chi connectivity index (χ1n) is 7.61. The molecule has 0 radical (unpaired) electrons. The van der Waals surface area contributed by atoms with Gasteiger partial charge >= 0.3 is 6.18 Å². The normalized spacial score (nSPS) is 18.5. The molecule has 0 aliphatic carbocycles. The second-order valence-electron chi connectivity index (χ2n) is 5.61. The first-order valence-corrected chi connectivity index (χ1v) is 7.61. The first kappa shape index (κ1) is 16.1. The summed E-state index contributed by atoms with van der Waals surface area (Å²) >= 11 is 0. The lowest BCUT2D eigenvalue weighted by molar-refractivity contribution is -0.137. The summed E-state index contributed by atoms with van der Waals surface area (Å²) < 4.78 is 49.4. The molecule has 3 rings (SSSR count). The van der Waals surface area contributed by atoms with Gasteiger partial charge in [-0.25, -0.2) is 0 Å². The molecule has 3 nitrogen and oxygen atoms in total. The fourth-order valence-electron chi connectivity index (χ4n) is 2.64. The van der Waals surface area contributed by atoms with Crippen molar-refractivity contribution >= 4 is 0 Å². The van der Waals surface area contributed by atoms with Crippen molar-refractivity contribution in [2.24, 2.45) is 0 Å². The van der Waals surface area contributed by atoms with E-state index in [1.54, 1.807) is 18.2 Å². The van der Waals surface area contributed by atoms with Gasteiger partial charge in [0, 0.05) is 18.7 Å². The number of hydrogen-bond acceptors (Lipinski definition) is 3. The lowest BCUT2D eigenvalue weighted by Gasteiger charge is -2.09. The number of nitrogens with one attached hydrogen (secondary N) is 1. The summed E-state index contributed by atoms with van der Waals surface area (Å²) in [6.45, 7) is 2.09. The minimum Gasteiger partial charge on any atom is -0.460 e. The molecule has 0 amide bonds. The van der Waals surface area contributed by atoms with Gasteiger partial charge in [-0.05, 0) is 37.1 Å². The molecule has 0 spiro atoms. The highest BCUT2D eigenvalue weighted by atomic mass is 19.4. The summed E-state index contributed by atoms with van der Waals surface area (Å²) in [6.07, 6.45) is -1.96. The third-order valence-electron chi connectivity index (χ3n) is 3.83. The summed E-state index contributed by atoms with van der Waals surface area (Å²) in [6, 6.07) is 8.61. The summed E-state index contributed by atoms with van der Waals surface area (Å²) in [4.78, 5) is 0. The molecule has 1 atom stereocenters. The quantitative estimate of drug-likeness (QED) is 0.893. The van der Waals surface area contributed by atoms with Crippen molar-refractivity contribution in [3.05, 3.63) is 47.7 Å². The van der Waals surface area contributed by atoms with Gasteiger partial charge in [0.2, 0.25) is 0 Å². The molecular weight excluding hydrogens is 307 g/mol. The highest BCUT2D eigenvalue weighted by Gasteiger charge is 2.30. The largest absolute Gasteiger partial charge is 0.460 e. The number of furan rings is 1. The van der Waals surface area contributed by atoms with Crippen molar-refractivity contribution in [1.29, 1.82) is 0 Å². The molecule has 1 aromatic carbocycles. The van der Waals surface area contributed by atoms with E-state index in [0.29, 0.717) is 23.6 Å². The number of benzene rings is 1. The van der Waals surface area contributed by atoms with Gasteiger partial charge in [0.1, 0.15) is 11.5 Å². The molecule has 124 valence electrons. The van der Waals surface area contributed by atoms with Crippen LogP contribution in [0.15, 0.2) is 40.8 Å². The summed E-state index contributed by atoms with van der Waals surface area (Å²) in [5.74, 6) is 1.13. The van der Waals surface area contributed by atoms with Gasteiger partial charge in [-0.15, -0.1) is 0 Å². The predicted octanol–water partition coefficient (Wildman–Crippen LogP) is 4.23. The van der Waals surface area contributed by atoms with Gasteiger partial charge < -0.3 is 14.5 Å². The number of alkyl halides is 3. The Hall–Kier alpha value is -1.79. The molecule has 1 fully saturated rings. The number of rotatable bonds is 5. The van der Waals surface area contributed by atoms with Crippen LogP contribution in [0.2, 0.25) is 0 Å². The van der Waals surface area contributed by atoms with E-state index in [1.165, 1.54) is 6.07 Å². The third kappa shape index (κ3) is 4.14. The first-order chi connectivity index (χ1) is 11.0. The average molecular weight is 325 g/mol. The molecule has 2 aromatic rings. The highest BCUT2D eigenvalue weighted by Crippen LogP contribution is 2.32. The zero-order chi connectivity index (χ0) is 16.3. The van der Waals surface area contributed by atoms with Gasteiger partial charge in [-0.3, -0.25) is 0 Å². The van der Waals surface area contributed by atoms with Crippen molar-refractivity contribution in [2.75, 3.05) is 13.2 Å². The SMILES string of the molecule is FC(F)(F)c1cccc(-c2ccc(CNC[C@H]3CCCO3)o2)c1. The molecule has 6 heteroatoms. The lowest BCUT2D eigenvalue weighted by atomic mass is 10.1. The molecule has 1 N–H and O–H groups in total. The Morgan fingerprint density at radius 3 is 2.78 bits per heavy atom. The third-order valence-corrected chi connectivity index (χ3v) is 3.83. The van der Waals surface area contributed by atoms with E-state index in [0.717, 1.165) is 38.1 Å². The minimum atomic E-state index is -4.35. The van der Waals surface area contributed by atoms with Crippen LogP contribution in [0.1, 0.15) is 24.2 Å². The smallest absolute Gasteiger partial charge is 0.416 e.